The summed E-state index contributed by atoms with van der Waals surface area (Å²) in [6.07, 6.45) is 2.31. The van der Waals surface area contributed by atoms with E-state index in [0.717, 1.165) is 71.8 Å². The molecule has 1 aliphatic rings. The van der Waals surface area contributed by atoms with Crippen LogP contribution in [0.1, 0.15) is 60.2 Å². The highest BCUT2D eigenvalue weighted by Crippen LogP contribution is 2.40. The van der Waals surface area contributed by atoms with E-state index >= 15 is 0 Å². The summed E-state index contributed by atoms with van der Waals surface area (Å²) in [6, 6.07) is 5.97. The van der Waals surface area contributed by atoms with Gasteiger partial charge in [0.05, 0.1) is 24.6 Å². The third kappa shape index (κ3) is 3.89. The highest BCUT2D eigenvalue weighted by molar-refractivity contribution is 7.18. The zero-order chi connectivity index (χ0) is 20.5. The topological polar surface area (TPSA) is 59.7 Å². The van der Waals surface area contributed by atoms with E-state index in [2.05, 4.69) is 27.7 Å². The van der Waals surface area contributed by atoms with Crippen LogP contribution < -0.4 is 9.64 Å². The average molecular weight is 413 g/mol. The van der Waals surface area contributed by atoms with E-state index < -0.39 is 6.10 Å². The van der Waals surface area contributed by atoms with Crippen LogP contribution in [-0.4, -0.2) is 28.2 Å². The van der Waals surface area contributed by atoms with Gasteiger partial charge in [-0.1, -0.05) is 12.1 Å². The molecule has 0 bridgehead atoms. The van der Waals surface area contributed by atoms with Crippen molar-refractivity contribution in [2.45, 2.75) is 59.6 Å². The van der Waals surface area contributed by atoms with Gasteiger partial charge in [0.25, 0.3) is 0 Å². The largest absolute Gasteiger partial charge is 0.438 e. The van der Waals surface area contributed by atoms with E-state index in [4.69, 9.17) is 14.7 Å². The molecule has 0 aliphatic heterocycles. The third-order valence-corrected chi connectivity index (χ3v) is 7.19. The summed E-state index contributed by atoms with van der Waals surface area (Å²) in [5.74, 6) is 2.29. The zero-order valence-corrected chi connectivity index (χ0v) is 18.5. The maximum atomic E-state index is 10.4. The lowest BCUT2D eigenvalue weighted by molar-refractivity contribution is -0.910. The number of rotatable bonds is 6. The molecule has 154 valence electrons. The van der Waals surface area contributed by atoms with Gasteiger partial charge in [-0.3, -0.25) is 0 Å². The van der Waals surface area contributed by atoms with Gasteiger partial charge in [-0.2, -0.15) is 4.98 Å². The molecule has 2 N–H and O–H groups in total. The number of thiophene rings is 1. The fraction of sp³-hybridized carbons (Fsp3) is 0.478. The lowest BCUT2D eigenvalue weighted by Crippen LogP contribution is -3.10. The Kier molecular flexibility index (Phi) is 5.86. The lowest BCUT2D eigenvalue weighted by Gasteiger charge is -2.23. The number of ether oxygens (including phenoxy) is 1. The predicted octanol–water partition coefficient (Wildman–Crippen LogP) is 3.89. The SMILES string of the molecule is CC[NH+](CC)Cc1nc(Oc2cccc3c2CCC[C@H]3O)c2c(C)c(C)sc2n1. The molecule has 0 unspecified atom stereocenters. The third-order valence-electron chi connectivity index (χ3n) is 6.09. The molecule has 0 saturated heterocycles. The first-order valence-electron chi connectivity index (χ1n) is 10.6. The lowest BCUT2D eigenvalue weighted by atomic mass is 9.89. The van der Waals surface area contributed by atoms with Gasteiger partial charge in [0.15, 0.2) is 5.82 Å². The van der Waals surface area contributed by atoms with Crippen molar-refractivity contribution >= 4 is 21.6 Å². The van der Waals surface area contributed by atoms with E-state index in [1.807, 2.05) is 18.2 Å². The molecule has 1 aliphatic carbocycles. The van der Waals surface area contributed by atoms with Crippen LogP contribution in [-0.2, 0) is 13.0 Å². The normalized spacial score (nSPS) is 16.4. The number of fused-ring (bicyclic) bond motifs is 2. The Bertz CT molecular complexity index is 1030. The van der Waals surface area contributed by atoms with E-state index in [1.54, 1.807) is 11.3 Å². The summed E-state index contributed by atoms with van der Waals surface area (Å²) in [6.45, 7) is 11.5. The first kappa shape index (κ1) is 20.3. The van der Waals surface area contributed by atoms with Crippen LogP contribution in [0.5, 0.6) is 11.6 Å². The van der Waals surface area contributed by atoms with E-state index in [9.17, 15) is 5.11 Å². The Morgan fingerprint density at radius 3 is 2.76 bits per heavy atom. The van der Waals surface area contributed by atoms with E-state index in [-0.39, 0.29) is 0 Å². The van der Waals surface area contributed by atoms with Crippen LogP contribution in [0.3, 0.4) is 0 Å². The van der Waals surface area contributed by atoms with Gasteiger partial charge in [-0.05, 0) is 64.2 Å². The minimum absolute atomic E-state index is 0.403. The molecule has 0 radical (unpaired) electrons. The minimum Gasteiger partial charge on any atom is -0.438 e. The zero-order valence-electron chi connectivity index (χ0n) is 17.7. The number of nitrogens with zero attached hydrogens (tertiary/aromatic N) is 2. The number of aliphatic hydroxyl groups excluding tert-OH is 1. The van der Waals surface area contributed by atoms with Crippen molar-refractivity contribution in [1.82, 2.24) is 9.97 Å². The van der Waals surface area contributed by atoms with Crippen molar-refractivity contribution in [2.24, 2.45) is 0 Å². The van der Waals surface area contributed by atoms with Gasteiger partial charge in [0, 0.05) is 10.4 Å². The molecule has 0 fully saturated rings. The van der Waals surface area contributed by atoms with Crippen LogP contribution >= 0.6 is 11.3 Å². The first-order chi connectivity index (χ1) is 14.0. The summed E-state index contributed by atoms with van der Waals surface area (Å²) < 4.78 is 6.46. The highest BCUT2D eigenvalue weighted by Gasteiger charge is 2.23. The average Bonchev–Trinajstić information content (AvgIpc) is 3.00. The Hall–Kier alpha value is -2.02. The minimum atomic E-state index is -0.403. The van der Waals surface area contributed by atoms with Crippen LogP contribution in [0.15, 0.2) is 18.2 Å². The monoisotopic (exact) mass is 412 g/mol. The quantitative estimate of drug-likeness (QED) is 0.645. The molecule has 0 spiro atoms. The molecule has 2 heterocycles. The van der Waals surface area contributed by atoms with Crippen molar-refractivity contribution in [2.75, 3.05) is 13.1 Å². The van der Waals surface area contributed by atoms with Gasteiger partial charge in [-0.15, -0.1) is 11.3 Å². The summed E-state index contributed by atoms with van der Waals surface area (Å²) in [5, 5.41) is 11.4. The summed E-state index contributed by atoms with van der Waals surface area (Å²) in [7, 11) is 0. The molecule has 3 aromatic rings. The second-order valence-electron chi connectivity index (χ2n) is 7.88. The summed E-state index contributed by atoms with van der Waals surface area (Å²) in [5.41, 5.74) is 3.29. The van der Waals surface area contributed by atoms with Gasteiger partial charge < -0.3 is 14.7 Å². The maximum Gasteiger partial charge on any atom is 0.231 e. The number of aryl methyl sites for hydroxylation is 2. The predicted molar refractivity (Wildman–Crippen MR) is 117 cm³/mol. The molecule has 0 saturated carbocycles. The van der Waals surface area contributed by atoms with Crippen molar-refractivity contribution in [3.05, 3.63) is 45.6 Å². The molecule has 1 atom stereocenters. The van der Waals surface area contributed by atoms with Gasteiger partial charge in [0.1, 0.15) is 17.1 Å². The Morgan fingerprint density at radius 1 is 1.21 bits per heavy atom. The summed E-state index contributed by atoms with van der Waals surface area (Å²) in [4.78, 5) is 13.4. The molecule has 0 amide bonds. The summed E-state index contributed by atoms with van der Waals surface area (Å²) >= 11 is 1.71. The van der Waals surface area contributed by atoms with Gasteiger partial charge in [0.2, 0.25) is 5.88 Å². The number of hydrogen-bond acceptors (Lipinski definition) is 5. The second-order valence-corrected chi connectivity index (χ2v) is 9.08. The Labute approximate surface area is 176 Å². The van der Waals surface area contributed by atoms with Crippen LogP contribution in [0.25, 0.3) is 10.2 Å². The Balaban J connectivity index is 1.79. The number of quaternary nitrogens is 1. The maximum absolute atomic E-state index is 10.4. The Morgan fingerprint density at radius 2 is 2.00 bits per heavy atom. The molecular formula is C23H30N3O2S+. The standard InChI is InChI=1S/C23H29N3O2S/c1-5-26(6-2)13-20-24-22(21-14(3)15(4)29-23(21)25-20)28-19-12-8-9-16-17(19)10-7-11-18(16)27/h8-9,12,18,27H,5-7,10-11,13H2,1-4H3/p+1/t18-/m1/s1. The second kappa shape index (κ2) is 8.38. The number of nitrogens with one attached hydrogen (secondary N) is 1. The number of hydrogen-bond donors (Lipinski definition) is 2. The first-order valence-corrected chi connectivity index (χ1v) is 11.4. The van der Waals surface area contributed by atoms with Crippen molar-refractivity contribution in [3.63, 3.8) is 0 Å². The van der Waals surface area contributed by atoms with Gasteiger partial charge in [-0.25, -0.2) is 4.98 Å². The van der Waals surface area contributed by atoms with Crippen molar-refractivity contribution < 1.29 is 14.7 Å². The van der Waals surface area contributed by atoms with Crippen molar-refractivity contribution in [3.8, 4) is 11.6 Å². The molecular weight excluding hydrogens is 382 g/mol. The molecule has 6 heteroatoms. The van der Waals surface area contributed by atoms with Gasteiger partial charge >= 0.3 is 0 Å². The number of aliphatic hydroxyl groups is 1. The fourth-order valence-electron chi connectivity index (χ4n) is 4.12. The van der Waals surface area contributed by atoms with E-state index in [1.165, 1.54) is 15.3 Å². The molecule has 5 nitrogen and oxygen atoms in total. The molecule has 4 rings (SSSR count). The number of benzene rings is 1. The van der Waals surface area contributed by atoms with Crippen molar-refractivity contribution in [1.29, 1.82) is 0 Å². The van der Waals surface area contributed by atoms with Crippen LogP contribution in [0.4, 0.5) is 0 Å². The fourth-order valence-corrected chi connectivity index (χ4v) is 5.16. The molecule has 2 aromatic heterocycles. The smallest absolute Gasteiger partial charge is 0.231 e. The van der Waals surface area contributed by atoms with Crippen LogP contribution in [0.2, 0.25) is 0 Å². The molecule has 29 heavy (non-hydrogen) atoms. The molecule has 1 aromatic carbocycles. The number of aromatic nitrogens is 2. The highest BCUT2D eigenvalue weighted by atomic mass is 32.1. The van der Waals surface area contributed by atoms with E-state index in [0.29, 0.717) is 5.88 Å². The van der Waals surface area contributed by atoms with Crippen LogP contribution in [0, 0.1) is 13.8 Å².